The molecule has 5 heteroatoms. The Labute approximate surface area is 133 Å². The topological polar surface area (TPSA) is 55.2 Å². The highest BCUT2D eigenvalue weighted by molar-refractivity contribution is 9.10. The number of fused-ring (bicyclic) bond motifs is 2. The molecule has 2 saturated carbocycles. The van der Waals surface area contributed by atoms with Gasteiger partial charge in [-0.1, -0.05) is 12.5 Å². The SMILES string of the molecule is CC(NCc1ccc(Br)c([N+](=O)[O-])c1)C1CC2CCC1C2. The van der Waals surface area contributed by atoms with Crippen molar-refractivity contribution in [1.29, 1.82) is 0 Å². The Hall–Kier alpha value is -0.940. The summed E-state index contributed by atoms with van der Waals surface area (Å²) in [6, 6.07) is 5.85. The Morgan fingerprint density at radius 3 is 2.86 bits per heavy atom. The fraction of sp³-hybridized carbons (Fsp3) is 0.625. The van der Waals surface area contributed by atoms with Crippen LogP contribution in [-0.4, -0.2) is 11.0 Å². The highest BCUT2D eigenvalue weighted by Crippen LogP contribution is 2.49. The molecular formula is C16H21BrN2O2. The van der Waals surface area contributed by atoms with Crippen molar-refractivity contribution in [3.05, 3.63) is 38.3 Å². The van der Waals surface area contributed by atoms with Crippen molar-refractivity contribution in [3.8, 4) is 0 Å². The molecule has 21 heavy (non-hydrogen) atoms. The molecule has 2 aliphatic carbocycles. The Bertz CT molecular complexity index is 549. The Morgan fingerprint density at radius 2 is 2.24 bits per heavy atom. The Morgan fingerprint density at radius 1 is 1.43 bits per heavy atom. The molecule has 1 aromatic rings. The van der Waals surface area contributed by atoms with Crippen LogP contribution in [-0.2, 0) is 6.54 Å². The largest absolute Gasteiger partial charge is 0.310 e. The van der Waals surface area contributed by atoms with E-state index in [2.05, 4.69) is 28.2 Å². The molecule has 1 N–H and O–H groups in total. The van der Waals surface area contributed by atoms with E-state index in [4.69, 9.17) is 0 Å². The van der Waals surface area contributed by atoms with Gasteiger partial charge in [0.05, 0.1) is 9.40 Å². The molecule has 3 rings (SSSR count). The van der Waals surface area contributed by atoms with Crippen LogP contribution in [0.1, 0.15) is 38.2 Å². The lowest BCUT2D eigenvalue weighted by Crippen LogP contribution is -2.35. The van der Waals surface area contributed by atoms with Crippen LogP contribution in [0.3, 0.4) is 0 Å². The molecule has 0 amide bonds. The van der Waals surface area contributed by atoms with E-state index in [0.717, 1.165) is 23.3 Å². The predicted molar refractivity (Wildman–Crippen MR) is 86.0 cm³/mol. The summed E-state index contributed by atoms with van der Waals surface area (Å²) < 4.78 is 0.539. The Kier molecular flexibility index (Phi) is 4.31. The second-order valence-electron chi connectivity index (χ2n) is 6.55. The van der Waals surface area contributed by atoms with E-state index in [1.807, 2.05) is 6.07 Å². The second kappa shape index (κ2) is 6.05. The zero-order valence-corrected chi connectivity index (χ0v) is 13.8. The van der Waals surface area contributed by atoms with E-state index in [-0.39, 0.29) is 10.6 Å². The molecule has 0 saturated heterocycles. The van der Waals surface area contributed by atoms with Gasteiger partial charge in [-0.2, -0.15) is 0 Å². The third kappa shape index (κ3) is 3.14. The summed E-state index contributed by atoms with van der Waals surface area (Å²) in [5.41, 5.74) is 1.11. The number of hydrogen-bond donors (Lipinski definition) is 1. The van der Waals surface area contributed by atoms with E-state index >= 15 is 0 Å². The molecule has 2 aliphatic rings. The van der Waals surface area contributed by atoms with Crippen LogP contribution in [0.4, 0.5) is 5.69 Å². The van der Waals surface area contributed by atoms with Crippen LogP contribution in [0.2, 0.25) is 0 Å². The molecule has 114 valence electrons. The van der Waals surface area contributed by atoms with Gasteiger partial charge in [0.2, 0.25) is 0 Å². The monoisotopic (exact) mass is 352 g/mol. The van der Waals surface area contributed by atoms with Crippen LogP contribution < -0.4 is 5.32 Å². The molecule has 4 atom stereocenters. The minimum absolute atomic E-state index is 0.141. The first kappa shape index (κ1) is 15.0. The summed E-state index contributed by atoms with van der Waals surface area (Å²) >= 11 is 3.22. The van der Waals surface area contributed by atoms with Gasteiger partial charge in [-0.25, -0.2) is 0 Å². The highest BCUT2D eigenvalue weighted by atomic mass is 79.9. The number of nitrogens with one attached hydrogen (secondary N) is 1. The summed E-state index contributed by atoms with van der Waals surface area (Å²) in [5.74, 6) is 2.64. The fourth-order valence-corrected chi connectivity index (χ4v) is 4.54. The number of benzene rings is 1. The van der Waals surface area contributed by atoms with Gasteiger partial charge >= 0.3 is 0 Å². The maximum Gasteiger partial charge on any atom is 0.283 e. The number of hydrogen-bond acceptors (Lipinski definition) is 3. The van der Waals surface area contributed by atoms with E-state index < -0.39 is 0 Å². The minimum atomic E-state index is -0.340. The molecule has 0 heterocycles. The van der Waals surface area contributed by atoms with Crippen molar-refractivity contribution in [2.75, 3.05) is 0 Å². The van der Waals surface area contributed by atoms with Crippen molar-refractivity contribution in [2.45, 2.75) is 45.2 Å². The smallest absolute Gasteiger partial charge is 0.283 e. The van der Waals surface area contributed by atoms with Crippen LogP contribution in [0.15, 0.2) is 22.7 Å². The van der Waals surface area contributed by atoms with Crippen molar-refractivity contribution >= 4 is 21.6 Å². The molecular weight excluding hydrogens is 332 g/mol. The van der Waals surface area contributed by atoms with Crippen LogP contribution in [0.25, 0.3) is 0 Å². The summed E-state index contributed by atoms with van der Waals surface area (Å²) in [4.78, 5) is 10.6. The zero-order chi connectivity index (χ0) is 15.0. The summed E-state index contributed by atoms with van der Waals surface area (Å²) in [5, 5.41) is 14.5. The van der Waals surface area contributed by atoms with Crippen molar-refractivity contribution in [3.63, 3.8) is 0 Å². The lowest BCUT2D eigenvalue weighted by Gasteiger charge is -2.28. The van der Waals surface area contributed by atoms with Gasteiger partial charge in [0.15, 0.2) is 0 Å². The summed E-state index contributed by atoms with van der Waals surface area (Å²) in [6.45, 7) is 2.96. The molecule has 2 fully saturated rings. The van der Waals surface area contributed by atoms with Crippen LogP contribution >= 0.6 is 15.9 Å². The third-order valence-electron chi connectivity index (χ3n) is 5.27. The summed E-state index contributed by atoms with van der Waals surface area (Å²) in [7, 11) is 0. The quantitative estimate of drug-likeness (QED) is 0.635. The van der Waals surface area contributed by atoms with Gasteiger partial charge < -0.3 is 5.32 Å². The van der Waals surface area contributed by atoms with Gasteiger partial charge in [0.1, 0.15) is 0 Å². The molecule has 0 spiro atoms. The van der Waals surface area contributed by atoms with Crippen molar-refractivity contribution < 1.29 is 4.92 Å². The maximum absolute atomic E-state index is 11.0. The Balaban J connectivity index is 1.60. The molecule has 4 nitrogen and oxygen atoms in total. The number of nitro benzene ring substituents is 1. The fourth-order valence-electron chi connectivity index (χ4n) is 4.14. The van der Waals surface area contributed by atoms with E-state index in [9.17, 15) is 10.1 Å². The normalized spacial score (nSPS) is 28.8. The predicted octanol–water partition coefficient (Wildman–Crippen LogP) is 4.27. The first-order valence-electron chi connectivity index (χ1n) is 7.71. The van der Waals surface area contributed by atoms with E-state index in [0.29, 0.717) is 17.1 Å². The molecule has 1 aromatic carbocycles. The number of nitro groups is 1. The first-order chi connectivity index (χ1) is 10.0. The van der Waals surface area contributed by atoms with Gasteiger partial charge in [-0.15, -0.1) is 0 Å². The molecule has 4 unspecified atom stereocenters. The van der Waals surface area contributed by atoms with E-state index in [1.165, 1.54) is 25.7 Å². The first-order valence-corrected chi connectivity index (χ1v) is 8.50. The average molecular weight is 353 g/mol. The van der Waals surface area contributed by atoms with E-state index in [1.54, 1.807) is 12.1 Å². The number of rotatable bonds is 5. The zero-order valence-electron chi connectivity index (χ0n) is 12.2. The standard InChI is InChI=1S/C16H21BrN2O2/c1-10(14-7-11-2-4-13(14)6-11)18-9-12-3-5-15(17)16(8-12)19(20)21/h3,5,8,10-11,13-14,18H,2,4,6-7,9H2,1H3. The number of halogens is 1. The van der Waals surface area contributed by atoms with Gasteiger partial charge in [-0.3, -0.25) is 10.1 Å². The van der Waals surface area contributed by atoms with Crippen molar-refractivity contribution in [1.82, 2.24) is 5.32 Å². The minimum Gasteiger partial charge on any atom is -0.310 e. The molecule has 0 aliphatic heterocycles. The lowest BCUT2D eigenvalue weighted by molar-refractivity contribution is -0.385. The number of nitrogens with zero attached hydrogens (tertiary/aromatic N) is 1. The molecule has 0 radical (unpaired) electrons. The van der Waals surface area contributed by atoms with Crippen LogP contribution in [0, 0.1) is 27.9 Å². The second-order valence-corrected chi connectivity index (χ2v) is 7.41. The average Bonchev–Trinajstić information content (AvgIpc) is 3.08. The molecule has 2 bridgehead atoms. The van der Waals surface area contributed by atoms with Gasteiger partial charge in [0.25, 0.3) is 5.69 Å². The van der Waals surface area contributed by atoms with Gasteiger partial charge in [-0.05, 0) is 71.5 Å². The molecule has 0 aromatic heterocycles. The maximum atomic E-state index is 11.0. The summed E-state index contributed by atoms with van der Waals surface area (Å²) in [6.07, 6.45) is 5.59. The van der Waals surface area contributed by atoms with Crippen LogP contribution in [0.5, 0.6) is 0 Å². The van der Waals surface area contributed by atoms with Gasteiger partial charge in [0, 0.05) is 18.7 Å². The lowest BCUT2D eigenvalue weighted by atomic mass is 9.84. The third-order valence-corrected chi connectivity index (χ3v) is 5.94. The highest BCUT2D eigenvalue weighted by Gasteiger charge is 2.41. The van der Waals surface area contributed by atoms with Crippen molar-refractivity contribution in [2.24, 2.45) is 17.8 Å².